The molecule has 0 aromatic heterocycles. The Labute approximate surface area is 198 Å². The van der Waals surface area contributed by atoms with Gasteiger partial charge in [-0.2, -0.15) is 5.26 Å². The summed E-state index contributed by atoms with van der Waals surface area (Å²) in [5.74, 6) is -0.924. The molecule has 9 nitrogen and oxygen atoms in total. The summed E-state index contributed by atoms with van der Waals surface area (Å²) in [7, 11) is 1.36. The summed E-state index contributed by atoms with van der Waals surface area (Å²) in [5.41, 5.74) is 0.0101. The van der Waals surface area contributed by atoms with E-state index in [4.69, 9.17) is 21.1 Å². The lowest BCUT2D eigenvalue weighted by Gasteiger charge is -2.07. The molecule has 0 saturated carbocycles. The van der Waals surface area contributed by atoms with Gasteiger partial charge in [-0.1, -0.05) is 29.8 Å². The number of rotatable bonds is 7. The van der Waals surface area contributed by atoms with Crippen LogP contribution in [0.15, 0.2) is 72.3 Å². The van der Waals surface area contributed by atoms with Crippen molar-refractivity contribution in [3.63, 3.8) is 0 Å². The molecule has 170 valence electrons. The number of methoxy groups -OCH3 is 1. The maximum atomic E-state index is 12.5. The number of esters is 1. The number of halogens is 1. The monoisotopic (exact) mass is 477 g/mol. The number of benzene rings is 3. The molecule has 0 saturated heterocycles. The van der Waals surface area contributed by atoms with E-state index in [1.165, 1.54) is 43.5 Å². The third-order valence-corrected chi connectivity index (χ3v) is 4.71. The number of carbonyl (C=O) groups is 2. The summed E-state index contributed by atoms with van der Waals surface area (Å²) >= 11 is 5.88. The highest BCUT2D eigenvalue weighted by Gasteiger charge is 2.19. The lowest BCUT2D eigenvalue weighted by molar-refractivity contribution is -0.384. The largest absolute Gasteiger partial charge is 0.496 e. The Bertz CT molecular complexity index is 1330. The van der Waals surface area contributed by atoms with E-state index in [2.05, 4.69) is 5.32 Å². The highest BCUT2D eigenvalue weighted by atomic mass is 35.5. The molecule has 0 aliphatic carbocycles. The summed E-state index contributed by atoms with van der Waals surface area (Å²) in [6, 6.07) is 18.1. The fourth-order valence-corrected chi connectivity index (χ4v) is 3.00. The van der Waals surface area contributed by atoms with E-state index in [1.54, 1.807) is 36.4 Å². The van der Waals surface area contributed by atoms with Crippen molar-refractivity contribution in [2.75, 3.05) is 12.4 Å². The van der Waals surface area contributed by atoms with Crippen LogP contribution in [0.5, 0.6) is 11.5 Å². The topological polar surface area (TPSA) is 132 Å². The molecule has 1 amide bonds. The Hall–Kier alpha value is -4.68. The predicted molar refractivity (Wildman–Crippen MR) is 125 cm³/mol. The minimum Gasteiger partial charge on any atom is -0.496 e. The molecule has 0 fully saturated rings. The summed E-state index contributed by atoms with van der Waals surface area (Å²) in [6.07, 6.45) is 1.30. The highest BCUT2D eigenvalue weighted by molar-refractivity contribution is 6.30. The van der Waals surface area contributed by atoms with Crippen molar-refractivity contribution < 1.29 is 24.0 Å². The molecule has 10 heteroatoms. The van der Waals surface area contributed by atoms with Crippen LogP contribution in [0.2, 0.25) is 5.02 Å². The lowest BCUT2D eigenvalue weighted by atomic mass is 10.1. The zero-order chi connectivity index (χ0) is 24.7. The van der Waals surface area contributed by atoms with Gasteiger partial charge < -0.3 is 14.8 Å². The Morgan fingerprint density at radius 3 is 2.41 bits per heavy atom. The molecule has 3 rings (SSSR count). The second-order valence-corrected chi connectivity index (χ2v) is 7.17. The third-order valence-electron chi connectivity index (χ3n) is 4.48. The Morgan fingerprint density at radius 2 is 1.79 bits per heavy atom. The van der Waals surface area contributed by atoms with Gasteiger partial charge in [0.25, 0.3) is 11.6 Å². The van der Waals surface area contributed by atoms with Crippen LogP contribution < -0.4 is 14.8 Å². The molecule has 0 heterocycles. The van der Waals surface area contributed by atoms with Crippen molar-refractivity contribution in [1.82, 2.24) is 0 Å². The molecule has 3 aromatic carbocycles. The Balaban J connectivity index is 1.74. The number of carbonyl (C=O) groups excluding carboxylic acids is 2. The number of nitro groups is 1. The molecule has 0 unspecified atom stereocenters. The molecule has 0 radical (unpaired) electrons. The van der Waals surface area contributed by atoms with Gasteiger partial charge in [0.2, 0.25) is 0 Å². The first-order chi connectivity index (χ1) is 16.3. The van der Waals surface area contributed by atoms with Gasteiger partial charge in [0.15, 0.2) is 0 Å². The third kappa shape index (κ3) is 5.97. The number of nitrogens with one attached hydrogen (secondary N) is 1. The average Bonchev–Trinajstić information content (AvgIpc) is 2.83. The number of anilines is 1. The van der Waals surface area contributed by atoms with Crippen LogP contribution in [0.4, 0.5) is 11.4 Å². The van der Waals surface area contributed by atoms with E-state index in [1.807, 2.05) is 0 Å². The minimum absolute atomic E-state index is 0.0831. The fourth-order valence-electron chi connectivity index (χ4n) is 2.81. The minimum atomic E-state index is -0.827. The van der Waals surface area contributed by atoms with Crippen LogP contribution in [-0.4, -0.2) is 23.9 Å². The molecule has 34 heavy (non-hydrogen) atoms. The van der Waals surface area contributed by atoms with Crippen LogP contribution in [-0.2, 0) is 4.79 Å². The van der Waals surface area contributed by atoms with E-state index < -0.39 is 16.8 Å². The van der Waals surface area contributed by atoms with Crippen molar-refractivity contribution in [3.8, 4) is 17.6 Å². The summed E-state index contributed by atoms with van der Waals surface area (Å²) in [6.45, 7) is 0. The van der Waals surface area contributed by atoms with E-state index in [-0.39, 0.29) is 34.0 Å². The zero-order valence-electron chi connectivity index (χ0n) is 17.7. The normalized spacial score (nSPS) is 10.7. The van der Waals surface area contributed by atoms with Gasteiger partial charge in [0.1, 0.15) is 28.8 Å². The van der Waals surface area contributed by atoms with E-state index in [9.17, 15) is 25.0 Å². The van der Waals surface area contributed by atoms with Crippen LogP contribution in [0.3, 0.4) is 0 Å². The number of hydrogen-bond acceptors (Lipinski definition) is 7. The number of nitro benzene ring substituents is 1. The Kier molecular flexibility index (Phi) is 7.59. The fraction of sp³-hybridized carbons (Fsp3) is 0.0417. The van der Waals surface area contributed by atoms with Crippen LogP contribution in [0.25, 0.3) is 6.08 Å². The molecular formula is C24H16ClN3O6. The number of nitriles is 1. The molecule has 0 bridgehead atoms. The second-order valence-electron chi connectivity index (χ2n) is 6.73. The summed E-state index contributed by atoms with van der Waals surface area (Å²) in [4.78, 5) is 35.4. The molecule has 3 aromatic rings. The van der Waals surface area contributed by atoms with Gasteiger partial charge in [0.05, 0.1) is 23.7 Å². The quantitative estimate of drug-likeness (QED) is 0.126. The molecule has 0 spiro atoms. The Morgan fingerprint density at radius 1 is 1.09 bits per heavy atom. The zero-order valence-corrected chi connectivity index (χ0v) is 18.4. The van der Waals surface area contributed by atoms with Crippen LogP contribution in [0, 0.1) is 21.4 Å². The van der Waals surface area contributed by atoms with Crippen molar-refractivity contribution in [2.24, 2.45) is 0 Å². The van der Waals surface area contributed by atoms with E-state index in [0.29, 0.717) is 10.6 Å². The molecule has 0 atom stereocenters. The van der Waals surface area contributed by atoms with Crippen molar-refractivity contribution in [1.29, 1.82) is 5.26 Å². The van der Waals surface area contributed by atoms with Gasteiger partial charge in [-0.25, -0.2) is 4.79 Å². The number of hydrogen-bond donors (Lipinski definition) is 1. The first-order valence-electron chi connectivity index (χ1n) is 9.64. The lowest BCUT2D eigenvalue weighted by Crippen LogP contribution is -2.14. The molecule has 0 aliphatic heterocycles. The van der Waals surface area contributed by atoms with Gasteiger partial charge >= 0.3 is 5.97 Å². The van der Waals surface area contributed by atoms with Crippen LogP contribution in [0.1, 0.15) is 15.9 Å². The number of amides is 1. The van der Waals surface area contributed by atoms with Gasteiger partial charge in [-0.15, -0.1) is 0 Å². The van der Waals surface area contributed by atoms with Gasteiger partial charge in [0, 0.05) is 5.02 Å². The van der Waals surface area contributed by atoms with Crippen molar-refractivity contribution in [3.05, 3.63) is 98.6 Å². The molecule has 1 N–H and O–H groups in total. The van der Waals surface area contributed by atoms with E-state index >= 15 is 0 Å². The maximum Gasteiger partial charge on any atom is 0.343 e. The maximum absolute atomic E-state index is 12.5. The smallest absolute Gasteiger partial charge is 0.343 e. The van der Waals surface area contributed by atoms with Crippen molar-refractivity contribution >= 4 is 40.9 Å². The predicted octanol–water partition coefficient (Wildman–Crippen LogP) is 5.02. The summed E-state index contributed by atoms with van der Waals surface area (Å²) < 4.78 is 10.2. The van der Waals surface area contributed by atoms with Crippen molar-refractivity contribution in [2.45, 2.75) is 0 Å². The first-order valence-corrected chi connectivity index (χ1v) is 10.0. The van der Waals surface area contributed by atoms with Gasteiger partial charge in [-0.3, -0.25) is 14.9 Å². The molecular weight excluding hydrogens is 462 g/mol. The molecule has 0 aliphatic rings. The van der Waals surface area contributed by atoms with Gasteiger partial charge in [-0.05, 0) is 54.1 Å². The van der Waals surface area contributed by atoms with E-state index in [0.717, 1.165) is 6.07 Å². The number of nitrogens with zero attached hydrogens (tertiary/aromatic N) is 2. The SMILES string of the molecule is COc1ccc(NC(=O)/C(C#N)=C/c2ccc(OC(=O)c3cccc(Cl)c3)cc2)c([N+](=O)[O-])c1. The highest BCUT2D eigenvalue weighted by Crippen LogP contribution is 2.29. The standard InChI is InChI=1S/C24H16ClN3O6/c1-33-20-9-10-21(22(13-20)28(31)32)27-23(29)17(14-26)11-15-5-7-19(8-6-15)34-24(30)16-3-2-4-18(25)12-16/h2-13H,1H3,(H,27,29)/b17-11+. The number of ether oxygens (including phenoxy) is 2. The first kappa shape index (κ1) is 24.0. The summed E-state index contributed by atoms with van der Waals surface area (Å²) in [5, 5.41) is 23.5. The van der Waals surface area contributed by atoms with Crippen LogP contribution >= 0.6 is 11.6 Å². The average molecular weight is 478 g/mol. The second kappa shape index (κ2) is 10.8.